The summed E-state index contributed by atoms with van der Waals surface area (Å²) in [7, 11) is 0. The van der Waals surface area contributed by atoms with Crippen LogP contribution in [-0.4, -0.2) is 67.3 Å². The van der Waals surface area contributed by atoms with Crippen molar-refractivity contribution < 1.29 is 22.7 Å². The third kappa shape index (κ3) is 6.20. The van der Waals surface area contributed by atoms with Gasteiger partial charge in [0.1, 0.15) is 0 Å². The number of hydrogen-bond acceptors (Lipinski definition) is 4. The lowest BCUT2D eigenvalue weighted by molar-refractivity contribution is -0.154. The average Bonchev–Trinajstić information content (AvgIpc) is 2.17. The number of piperazine rings is 1. The van der Waals surface area contributed by atoms with E-state index in [4.69, 9.17) is 4.74 Å². The van der Waals surface area contributed by atoms with E-state index in [-0.39, 0.29) is 18.6 Å². The molecule has 7 heteroatoms. The Morgan fingerprint density at radius 2 is 1.67 bits per heavy atom. The molecule has 0 saturated carbocycles. The van der Waals surface area contributed by atoms with Crippen LogP contribution in [0, 0.1) is 0 Å². The van der Waals surface area contributed by atoms with Gasteiger partial charge in [-0.3, -0.25) is 14.6 Å². The number of esters is 1. The number of nitrogens with zero attached hydrogens (tertiary/aromatic N) is 2. The zero-order chi connectivity index (χ0) is 13.8. The minimum absolute atomic E-state index is 0.151. The number of carbonyl (C=O) groups excluding carboxylic acids is 1. The Labute approximate surface area is 105 Å². The summed E-state index contributed by atoms with van der Waals surface area (Å²) in [6.07, 6.45) is -4.32. The fourth-order valence-electron chi connectivity index (χ4n) is 1.84. The average molecular weight is 268 g/mol. The molecule has 1 rings (SSSR count). The van der Waals surface area contributed by atoms with E-state index in [1.807, 2.05) is 4.90 Å². The Morgan fingerprint density at radius 1 is 1.17 bits per heavy atom. The molecule has 0 aromatic rings. The summed E-state index contributed by atoms with van der Waals surface area (Å²) in [6, 6.07) is 0. The Morgan fingerprint density at radius 3 is 2.11 bits per heavy atom. The largest absolute Gasteiger partial charge is 0.462 e. The molecule has 0 spiro atoms. The lowest BCUT2D eigenvalue weighted by Gasteiger charge is -2.34. The zero-order valence-electron chi connectivity index (χ0n) is 10.7. The van der Waals surface area contributed by atoms with E-state index in [1.54, 1.807) is 13.8 Å². The topological polar surface area (TPSA) is 32.8 Å². The van der Waals surface area contributed by atoms with E-state index in [2.05, 4.69) is 0 Å². The molecule has 1 aliphatic heterocycles. The first-order valence-electron chi connectivity index (χ1n) is 5.97. The van der Waals surface area contributed by atoms with Crippen molar-refractivity contribution in [3.8, 4) is 0 Å². The summed E-state index contributed by atoms with van der Waals surface area (Å²) < 4.78 is 41.5. The van der Waals surface area contributed by atoms with Crippen molar-refractivity contribution in [2.45, 2.75) is 26.1 Å². The first-order chi connectivity index (χ1) is 8.26. The van der Waals surface area contributed by atoms with Crippen molar-refractivity contribution in [2.75, 3.05) is 39.3 Å². The summed E-state index contributed by atoms with van der Waals surface area (Å²) in [5, 5.41) is 0. The predicted octanol–water partition coefficient (Wildman–Crippen LogP) is 1.12. The van der Waals surface area contributed by atoms with Gasteiger partial charge in [0.25, 0.3) is 0 Å². The fraction of sp³-hybridized carbons (Fsp3) is 0.909. The van der Waals surface area contributed by atoms with Crippen LogP contribution in [0.2, 0.25) is 0 Å². The Balaban J connectivity index is 2.25. The molecule has 0 N–H and O–H groups in total. The molecule has 1 aliphatic rings. The minimum Gasteiger partial charge on any atom is -0.462 e. The van der Waals surface area contributed by atoms with Gasteiger partial charge >= 0.3 is 12.1 Å². The second kappa shape index (κ2) is 6.38. The molecule has 0 amide bonds. The fourth-order valence-corrected chi connectivity index (χ4v) is 1.84. The smallest absolute Gasteiger partial charge is 0.401 e. The number of alkyl halides is 3. The highest BCUT2D eigenvalue weighted by Gasteiger charge is 2.32. The molecule has 0 bridgehead atoms. The molecule has 0 aromatic carbocycles. The predicted molar refractivity (Wildman–Crippen MR) is 60.2 cm³/mol. The number of halogens is 3. The monoisotopic (exact) mass is 268 g/mol. The van der Waals surface area contributed by atoms with Gasteiger partial charge in [-0.25, -0.2) is 0 Å². The molecule has 1 fully saturated rings. The molecule has 18 heavy (non-hydrogen) atoms. The quantitative estimate of drug-likeness (QED) is 0.715. The van der Waals surface area contributed by atoms with E-state index >= 15 is 0 Å². The van der Waals surface area contributed by atoms with Crippen molar-refractivity contribution in [1.82, 2.24) is 9.80 Å². The first-order valence-corrected chi connectivity index (χ1v) is 5.97. The van der Waals surface area contributed by atoms with Crippen molar-refractivity contribution in [2.24, 2.45) is 0 Å². The Kier molecular flexibility index (Phi) is 5.40. The van der Waals surface area contributed by atoms with Gasteiger partial charge in [-0.2, -0.15) is 13.2 Å². The lowest BCUT2D eigenvalue weighted by atomic mass is 10.3. The van der Waals surface area contributed by atoms with Crippen LogP contribution in [0.3, 0.4) is 0 Å². The van der Waals surface area contributed by atoms with Crippen LogP contribution in [0.15, 0.2) is 0 Å². The van der Waals surface area contributed by atoms with Gasteiger partial charge < -0.3 is 4.74 Å². The summed E-state index contributed by atoms with van der Waals surface area (Å²) in [4.78, 5) is 14.5. The van der Waals surface area contributed by atoms with Crippen LogP contribution in [0.4, 0.5) is 13.2 Å². The van der Waals surface area contributed by atoms with Gasteiger partial charge in [-0.1, -0.05) is 0 Å². The summed E-state index contributed by atoms with van der Waals surface area (Å²) in [5.41, 5.74) is 0. The van der Waals surface area contributed by atoms with Crippen LogP contribution in [-0.2, 0) is 9.53 Å². The number of carbonyl (C=O) groups is 1. The van der Waals surface area contributed by atoms with E-state index in [0.717, 1.165) is 0 Å². The van der Waals surface area contributed by atoms with Gasteiger partial charge in [0, 0.05) is 26.2 Å². The molecule has 1 heterocycles. The van der Waals surface area contributed by atoms with Gasteiger partial charge in [-0.05, 0) is 13.8 Å². The van der Waals surface area contributed by atoms with E-state index in [9.17, 15) is 18.0 Å². The molecular weight excluding hydrogens is 249 g/mol. The third-order valence-electron chi connectivity index (χ3n) is 2.59. The standard InChI is InChI=1S/C11H19F3N2O2/c1-9(2)18-10(17)7-15-3-5-16(6-4-15)8-11(12,13)14/h9H,3-8H2,1-2H3. The molecule has 0 radical (unpaired) electrons. The zero-order valence-corrected chi connectivity index (χ0v) is 10.7. The summed E-state index contributed by atoms with van der Waals surface area (Å²) in [5.74, 6) is -0.325. The van der Waals surface area contributed by atoms with E-state index in [0.29, 0.717) is 26.2 Å². The molecule has 106 valence electrons. The molecule has 0 aliphatic carbocycles. The van der Waals surface area contributed by atoms with E-state index in [1.165, 1.54) is 4.90 Å². The maximum Gasteiger partial charge on any atom is 0.401 e. The molecule has 0 unspecified atom stereocenters. The summed E-state index contributed by atoms with van der Waals surface area (Å²) >= 11 is 0. The van der Waals surface area contributed by atoms with Gasteiger partial charge in [0.05, 0.1) is 19.2 Å². The highest BCUT2D eigenvalue weighted by molar-refractivity contribution is 5.71. The molecule has 0 atom stereocenters. The highest BCUT2D eigenvalue weighted by Crippen LogP contribution is 2.17. The van der Waals surface area contributed by atoms with Gasteiger partial charge in [-0.15, -0.1) is 0 Å². The van der Waals surface area contributed by atoms with Crippen molar-refractivity contribution in [3.05, 3.63) is 0 Å². The number of rotatable bonds is 4. The maximum absolute atomic E-state index is 12.2. The van der Waals surface area contributed by atoms with E-state index < -0.39 is 12.7 Å². The molecular formula is C11H19F3N2O2. The third-order valence-corrected chi connectivity index (χ3v) is 2.59. The normalized spacial score (nSPS) is 19.2. The minimum atomic E-state index is -4.15. The van der Waals surface area contributed by atoms with Crippen molar-refractivity contribution in [3.63, 3.8) is 0 Å². The van der Waals surface area contributed by atoms with Gasteiger partial charge in [0.15, 0.2) is 0 Å². The molecule has 4 nitrogen and oxygen atoms in total. The molecule has 1 saturated heterocycles. The second-order valence-electron chi connectivity index (χ2n) is 4.71. The van der Waals surface area contributed by atoms with Crippen molar-refractivity contribution in [1.29, 1.82) is 0 Å². The van der Waals surface area contributed by atoms with Crippen LogP contribution in [0.25, 0.3) is 0 Å². The first kappa shape index (κ1) is 15.2. The maximum atomic E-state index is 12.2. The molecule has 0 aromatic heterocycles. The van der Waals surface area contributed by atoms with Crippen LogP contribution < -0.4 is 0 Å². The van der Waals surface area contributed by atoms with Gasteiger partial charge in [0.2, 0.25) is 0 Å². The SMILES string of the molecule is CC(C)OC(=O)CN1CCN(CC(F)(F)F)CC1. The van der Waals surface area contributed by atoms with Crippen LogP contribution >= 0.6 is 0 Å². The highest BCUT2D eigenvalue weighted by atomic mass is 19.4. The Hall–Kier alpha value is -0.820. The number of hydrogen-bond donors (Lipinski definition) is 0. The lowest BCUT2D eigenvalue weighted by Crippen LogP contribution is -2.50. The summed E-state index contributed by atoms with van der Waals surface area (Å²) in [6.45, 7) is 4.38. The van der Waals surface area contributed by atoms with Crippen LogP contribution in [0.1, 0.15) is 13.8 Å². The van der Waals surface area contributed by atoms with Crippen molar-refractivity contribution >= 4 is 5.97 Å². The van der Waals surface area contributed by atoms with Crippen LogP contribution in [0.5, 0.6) is 0 Å². The second-order valence-corrected chi connectivity index (χ2v) is 4.71. The number of ether oxygens (including phenoxy) is 1. The Bertz CT molecular complexity index is 274.